The molecule has 7 nitrogen and oxygen atoms in total. The van der Waals surface area contributed by atoms with Crippen molar-refractivity contribution >= 4 is 34.9 Å². The monoisotopic (exact) mass is 414 g/mol. The fourth-order valence-electron chi connectivity index (χ4n) is 3.14. The highest BCUT2D eigenvalue weighted by Gasteiger charge is 2.21. The van der Waals surface area contributed by atoms with Gasteiger partial charge < -0.3 is 9.84 Å². The summed E-state index contributed by atoms with van der Waals surface area (Å²) >= 11 is 6.70. The number of fused-ring (bicyclic) bond motifs is 3. The summed E-state index contributed by atoms with van der Waals surface area (Å²) in [6, 6.07) is 7.72. The fraction of sp³-hybridized carbons (Fsp3) is 0.263. The molecule has 2 aromatic heterocycles. The Hall–Kier alpha value is -2.78. The molecule has 0 radical (unpaired) electrons. The minimum Gasteiger partial charge on any atom is -0.494 e. The summed E-state index contributed by atoms with van der Waals surface area (Å²) in [6.45, 7) is 4.99. The second-order valence-electron chi connectivity index (χ2n) is 6.12. The van der Waals surface area contributed by atoms with E-state index in [1.165, 1.54) is 26.7 Å². The first-order chi connectivity index (χ1) is 13.5. The van der Waals surface area contributed by atoms with Gasteiger partial charge in [-0.15, -0.1) is 0 Å². The highest BCUT2D eigenvalue weighted by Crippen LogP contribution is 2.41. The van der Waals surface area contributed by atoms with Gasteiger partial charge in [0, 0.05) is 24.9 Å². The molecule has 9 heteroatoms. The molecule has 28 heavy (non-hydrogen) atoms. The maximum atomic E-state index is 12.7. The summed E-state index contributed by atoms with van der Waals surface area (Å²) in [6.07, 6.45) is 1.36. The van der Waals surface area contributed by atoms with Crippen molar-refractivity contribution < 1.29 is 9.84 Å². The van der Waals surface area contributed by atoms with E-state index >= 15 is 0 Å². The fourth-order valence-corrected chi connectivity index (χ4v) is 4.40. The number of hydrogen-bond donors (Lipinski definition) is 1. The van der Waals surface area contributed by atoms with E-state index in [4.69, 9.17) is 17.0 Å². The van der Waals surface area contributed by atoms with Crippen molar-refractivity contribution in [3.8, 4) is 22.9 Å². The lowest BCUT2D eigenvalue weighted by molar-refractivity contribution is 0.305. The Morgan fingerprint density at radius 3 is 2.82 bits per heavy atom. The van der Waals surface area contributed by atoms with Crippen molar-refractivity contribution in [3.63, 3.8) is 0 Å². The van der Waals surface area contributed by atoms with Crippen molar-refractivity contribution in [1.29, 1.82) is 0 Å². The number of nitrogens with zero attached hydrogens (tertiary/aromatic N) is 4. The third-order valence-corrected chi connectivity index (χ3v) is 5.94. The molecule has 0 atom stereocenters. The topological polar surface area (TPSA) is 81.6 Å². The molecule has 3 aromatic rings. The molecule has 0 saturated carbocycles. The molecule has 1 aliphatic heterocycles. The molecule has 144 valence electrons. The Kier molecular flexibility index (Phi) is 4.86. The minimum absolute atomic E-state index is 0.0992. The van der Waals surface area contributed by atoms with Gasteiger partial charge in [-0.3, -0.25) is 13.9 Å². The van der Waals surface area contributed by atoms with Gasteiger partial charge in [0.25, 0.3) is 5.56 Å². The van der Waals surface area contributed by atoms with Gasteiger partial charge >= 0.3 is 0 Å². The normalized spacial score (nSPS) is 12.6. The van der Waals surface area contributed by atoms with Gasteiger partial charge in [-0.2, -0.15) is 0 Å². The van der Waals surface area contributed by atoms with Crippen molar-refractivity contribution in [2.75, 3.05) is 0 Å². The van der Waals surface area contributed by atoms with E-state index in [0.717, 1.165) is 21.9 Å². The van der Waals surface area contributed by atoms with Crippen LogP contribution in [0.15, 0.2) is 34.1 Å². The molecule has 4 rings (SSSR count). The lowest BCUT2D eigenvalue weighted by Gasteiger charge is -2.15. The molecule has 0 saturated heterocycles. The average molecular weight is 415 g/mol. The number of benzene rings is 1. The second kappa shape index (κ2) is 7.33. The van der Waals surface area contributed by atoms with Crippen LogP contribution in [-0.4, -0.2) is 25.4 Å². The lowest BCUT2D eigenvalue weighted by atomic mass is 10.1. The molecule has 0 amide bonds. The van der Waals surface area contributed by atoms with Crippen molar-refractivity contribution in [2.45, 2.75) is 33.5 Å². The molecular weight excluding hydrogens is 396 g/mol. The summed E-state index contributed by atoms with van der Waals surface area (Å²) in [5.41, 5.74) is 1.51. The average Bonchev–Trinajstić information content (AvgIpc) is 3.12. The molecule has 3 heterocycles. The van der Waals surface area contributed by atoms with Crippen LogP contribution in [0.1, 0.15) is 24.3 Å². The molecular formula is C19H18N4O3S2. The number of thiazole rings is 1. The Bertz CT molecular complexity index is 1210. The van der Waals surface area contributed by atoms with Crippen LogP contribution in [0.2, 0.25) is 0 Å². The van der Waals surface area contributed by atoms with Crippen LogP contribution in [0.3, 0.4) is 0 Å². The van der Waals surface area contributed by atoms with Gasteiger partial charge in [0.1, 0.15) is 17.9 Å². The smallest absolute Gasteiger partial charge is 0.267 e. The summed E-state index contributed by atoms with van der Waals surface area (Å²) in [4.78, 5) is 22.6. The van der Waals surface area contributed by atoms with Crippen LogP contribution in [0, 0.1) is 4.77 Å². The summed E-state index contributed by atoms with van der Waals surface area (Å²) in [5, 5.41) is 11.0. The van der Waals surface area contributed by atoms with E-state index in [9.17, 15) is 9.90 Å². The summed E-state index contributed by atoms with van der Waals surface area (Å²) < 4.78 is 9.00. The molecule has 1 aromatic carbocycles. The van der Waals surface area contributed by atoms with Crippen molar-refractivity contribution in [3.05, 3.63) is 49.8 Å². The number of hydrogen-bond acceptors (Lipinski definition) is 7. The first-order valence-corrected chi connectivity index (χ1v) is 10.1. The van der Waals surface area contributed by atoms with E-state index in [1.807, 2.05) is 38.1 Å². The van der Waals surface area contributed by atoms with E-state index in [0.29, 0.717) is 29.6 Å². The van der Waals surface area contributed by atoms with Gasteiger partial charge in [-0.1, -0.05) is 23.5 Å². The number of rotatable bonds is 4. The molecule has 1 N–H and O–H groups in total. The summed E-state index contributed by atoms with van der Waals surface area (Å²) in [7, 11) is 0. The largest absolute Gasteiger partial charge is 0.494 e. The summed E-state index contributed by atoms with van der Waals surface area (Å²) in [5.74, 6) is 0.616. The van der Waals surface area contributed by atoms with E-state index in [1.54, 1.807) is 0 Å². The van der Waals surface area contributed by atoms with Crippen molar-refractivity contribution in [2.24, 2.45) is 4.99 Å². The Morgan fingerprint density at radius 2 is 2.07 bits per heavy atom. The van der Waals surface area contributed by atoms with Gasteiger partial charge in [0.15, 0.2) is 4.77 Å². The standard InChI is InChI=1S/C19H18N4O3S2/c1-3-22-16(24)12(17(25)23(4-2)19(22)27)9-20-18-21-15-11-7-5-6-8-13(11)26-10-14(15)28-18/h5-9,24H,3-4,10H2,1-2H3. The van der Waals surface area contributed by atoms with Gasteiger partial charge in [0.2, 0.25) is 11.0 Å². The van der Waals surface area contributed by atoms with Crippen LogP contribution in [0.25, 0.3) is 11.3 Å². The van der Waals surface area contributed by atoms with E-state index in [2.05, 4.69) is 9.98 Å². The van der Waals surface area contributed by atoms with Gasteiger partial charge in [-0.05, 0) is 38.2 Å². The second-order valence-corrected chi connectivity index (χ2v) is 7.55. The number of ether oxygens (including phenoxy) is 1. The number of aliphatic imine (C=N–C) groups is 1. The van der Waals surface area contributed by atoms with Crippen LogP contribution in [0.5, 0.6) is 11.6 Å². The third-order valence-electron chi connectivity index (χ3n) is 4.56. The number of aromatic hydroxyl groups is 1. The number of aromatic nitrogens is 3. The third kappa shape index (κ3) is 2.96. The van der Waals surface area contributed by atoms with Crippen LogP contribution >= 0.6 is 23.6 Å². The molecule has 0 fully saturated rings. The zero-order valence-electron chi connectivity index (χ0n) is 15.4. The maximum Gasteiger partial charge on any atom is 0.267 e. The Morgan fingerprint density at radius 1 is 1.32 bits per heavy atom. The SMILES string of the molecule is CCn1c(O)c(C=Nc2nc3c(s2)COc2ccccc2-3)c(=O)n(CC)c1=S. The predicted molar refractivity (Wildman–Crippen MR) is 112 cm³/mol. The van der Waals surface area contributed by atoms with Crippen LogP contribution in [0.4, 0.5) is 5.13 Å². The first kappa shape index (κ1) is 18.6. The highest BCUT2D eigenvalue weighted by atomic mass is 32.1. The molecule has 0 spiro atoms. The minimum atomic E-state index is -0.367. The van der Waals surface area contributed by atoms with E-state index in [-0.39, 0.29) is 17.0 Å². The Balaban J connectivity index is 1.77. The zero-order valence-corrected chi connectivity index (χ0v) is 17.0. The van der Waals surface area contributed by atoms with Gasteiger partial charge in [-0.25, -0.2) is 9.98 Å². The molecule has 1 aliphatic rings. The predicted octanol–water partition coefficient (Wildman–Crippen LogP) is 3.89. The maximum absolute atomic E-state index is 12.7. The first-order valence-electron chi connectivity index (χ1n) is 8.87. The quantitative estimate of drug-likeness (QED) is 0.517. The molecule has 0 unspecified atom stereocenters. The number of para-hydroxylation sites is 1. The molecule has 0 bridgehead atoms. The zero-order chi connectivity index (χ0) is 19.8. The van der Waals surface area contributed by atoms with Crippen molar-refractivity contribution in [1.82, 2.24) is 14.1 Å². The van der Waals surface area contributed by atoms with Crippen LogP contribution < -0.4 is 10.3 Å². The Labute approximate surface area is 170 Å². The van der Waals surface area contributed by atoms with Crippen LogP contribution in [-0.2, 0) is 19.7 Å². The highest BCUT2D eigenvalue weighted by molar-refractivity contribution is 7.71. The lowest BCUT2D eigenvalue weighted by Crippen LogP contribution is -2.27. The molecule has 0 aliphatic carbocycles. The van der Waals surface area contributed by atoms with E-state index < -0.39 is 0 Å². The van der Waals surface area contributed by atoms with Gasteiger partial charge in [0.05, 0.1) is 10.6 Å².